The molecule has 0 amide bonds. The molecule has 0 unspecified atom stereocenters. The van der Waals surface area contributed by atoms with E-state index in [9.17, 15) is 5.26 Å². The zero-order valence-electron chi connectivity index (χ0n) is 12.0. The summed E-state index contributed by atoms with van der Waals surface area (Å²) in [6.45, 7) is 0. The Kier molecular flexibility index (Phi) is 4.52. The first-order valence-corrected chi connectivity index (χ1v) is 7.65. The second-order valence-corrected chi connectivity index (χ2v) is 5.76. The lowest BCUT2D eigenvalue weighted by Crippen LogP contribution is -1.80. The number of nitriles is 1. The molecule has 2 aromatic carbocycles. The van der Waals surface area contributed by atoms with Crippen molar-refractivity contribution < 1.29 is 4.42 Å². The first-order chi connectivity index (χ1) is 11.2. The molecule has 1 aromatic heterocycles. The van der Waals surface area contributed by atoms with E-state index in [0.29, 0.717) is 21.4 Å². The number of benzene rings is 2. The molecule has 0 atom stereocenters. The van der Waals surface area contributed by atoms with Gasteiger partial charge < -0.3 is 4.42 Å². The van der Waals surface area contributed by atoms with E-state index in [1.807, 2.05) is 36.4 Å². The van der Waals surface area contributed by atoms with Gasteiger partial charge in [-0.25, -0.2) is 0 Å². The fourth-order valence-electron chi connectivity index (χ4n) is 2.15. The van der Waals surface area contributed by atoms with E-state index in [-0.39, 0.29) is 0 Å². The molecule has 3 aromatic rings. The minimum absolute atomic E-state index is 0.513. The average Bonchev–Trinajstić information content (AvgIpc) is 3.03. The molecule has 3 rings (SSSR count). The zero-order chi connectivity index (χ0) is 16.2. The van der Waals surface area contributed by atoms with Crippen LogP contribution in [0.5, 0.6) is 0 Å². The summed E-state index contributed by atoms with van der Waals surface area (Å²) < 4.78 is 5.79. The number of halogens is 2. The van der Waals surface area contributed by atoms with Gasteiger partial charge in [-0.05, 0) is 60.2 Å². The molecule has 0 aliphatic heterocycles. The van der Waals surface area contributed by atoms with Gasteiger partial charge in [0.2, 0.25) is 0 Å². The van der Waals surface area contributed by atoms with Crippen LogP contribution in [0.4, 0.5) is 0 Å². The van der Waals surface area contributed by atoms with E-state index < -0.39 is 0 Å². The van der Waals surface area contributed by atoms with Crippen LogP contribution in [-0.4, -0.2) is 0 Å². The molecule has 0 spiro atoms. The maximum atomic E-state index is 9.36. The Bertz CT molecular complexity index is 884. The topological polar surface area (TPSA) is 36.9 Å². The van der Waals surface area contributed by atoms with Crippen LogP contribution >= 0.6 is 23.2 Å². The van der Waals surface area contributed by atoms with E-state index >= 15 is 0 Å². The molecule has 0 saturated heterocycles. The predicted octanol–water partition coefficient (Wildman–Crippen LogP) is 6.32. The third-order valence-corrected chi connectivity index (χ3v) is 3.82. The number of nitrogens with zero attached hydrogens (tertiary/aromatic N) is 1. The minimum Gasteiger partial charge on any atom is -0.457 e. The van der Waals surface area contributed by atoms with Crippen molar-refractivity contribution >= 4 is 34.9 Å². The van der Waals surface area contributed by atoms with Gasteiger partial charge in [-0.2, -0.15) is 5.26 Å². The number of hydrogen-bond acceptors (Lipinski definition) is 2. The van der Waals surface area contributed by atoms with Crippen molar-refractivity contribution in [2.75, 3.05) is 0 Å². The van der Waals surface area contributed by atoms with Gasteiger partial charge in [0.05, 0.1) is 11.6 Å². The number of allylic oxidation sites excluding steroid dienone is 1. The minimum atomic E-state index is 0.513. The van der Waals surface area contributed by atoms with Gasteiger partial charge in [0, 0.05) is 15.6 Å². The molecule has 0 fully saturated rings. The number of furan rings is 1. The van der Waals surface area contributed by atoms with Crippen LogP contribution in [0.15, 0.2) is 65.1 Å². The molecular formula is C19H11Cl2NO. The average molecular weight is 340 g/mol. The Hall–Kier alpha value is -2.47. The summed E-state index contributed by atoms with van der Waals surface area (Å²) in [6, 6.07) is 20.4. The van der Waals surface area contributed by atoms with E-state index in [2.05, 4.69) is 6.07 Å². The molecule has 0 N–H and O–H groups in total. The monoisotopic (exact) mass is 339 g/mol. The summed E-state index contributed by atoms with van der Waals surface area (Å²) in [5.41, 5.74) is 2.24. The highest BCUT2D eigenvalue weighted by Crippen LogP contribution is 2.26. The van der Waals surface area contributed by atoms with Gasteiger partial charge in [-0.3, -0.25) is 0 Å². The van der Waals surface area contributed by atoms with Crippen LogP contribution in [0.25, 0.3) is 23.0 Å². The van der Waals surface area contributed by atoms with Crippen LogP contribution < -0.4 is 0 Å². The maximum Gasteiger partial charge on any atom is 0.134 e. The SMILES string of the molecule is N#C/C(=C\c1ccc(-c2ccc(Cl)cc2)o1)c1ccc(Cl)cc1. The summed E-state index contributed by atoms with van der Waals surface area (Å²) >= 11 is 11.8. The fourth-order valence-corrected chi connectivity index (χ4v) is 2.40. The van der Waals surface area contributed by atoms with Crippen molar-refractivity contribution in [3.63, 3.8) is 0 Å². The quantitative estimate of drug-likeness (QED) is 0.523. The van der Waals surface area contributed by atoms with Gasteiger partial charge in [-0.15, -0.1) is 0 Å². The second-order valence-electron chi connectivity index (χ2n) is 4.89. The molecular weight excluding hydrogens is 329 g/mol. The van der Waals surface area contributed by atoms with Crippen LogP contribution in [0.2, 0.25) is 10.0 Å². The summed E-state index contributed by atoms with van der Waals surface area (Å²) in [6.07, 6.45) is 1.71. The van der Waals surface area contributed by atoms with E-state index in [1.165, 1.54) is 0 Å². The smallest absolute Gasteiger partial charge is 0.134 e. The van der Waals surface area contributed by atoms with Crippen molar-refractivity contribution in [1.82, 2.24) is 0 Å². The Balaban J connectivity index is 1.91. The number of rotatable bonds is 3. The van der Waals surface area contributed by atoms with Gasteiger partial charge in [0.15, 0.2) is 0 Å². The molecule has 2 nitrogen and oxygen atoms in total. The van der Waals surface area contributed by atoms with Gasteiger partial charge in [-0.1, -0.05) is 35.3 Å². The first kappa shape index (κ1) is 15.4. The normalized spacial score (nSPS) is 11.3. The van der Waals surface area contributed by atoms with Crippen LogP contribution in [0, 0.1) is 11.3 Å². The lowest BCUT2D eigenvalue weighted by atomic mass is 10.1. The van der Waals surface area contributed by atoms with Crippen LogP contribution in [0.3, 0.4) is 0 Å². The lowest BCUT2D eigenvalue weighted by Gasteiger charge is -1.99. The first-order valence-electron chi connectivity index (χ1n) is 6.89. The molecule has 1 heterocycles. The zero-order valence-corrected chi connectivity index (χ0v) is 13.5. The second kappa shape index (κ2) is 6.75. The molecule has 0 bridgehead atoms. The van der Waals surface area contributed by atoms with Crippen molar-refractivity contribution in [2.45, 2.75) is 0 Å². The van der Waals surface area contributed by atoms with Crippen molar-refractivity contribution in [2.24, 2.45) is 0 Å². The molecule has 112 valence electrons. The highest BCUT2D eigenvalue weighted by atomic mass is 35.5. The van der Waals surface area contributed by atoms with E-state index in [0.717, 1.165) is 16.9 Å². The standard InChI is InChI=1S/C19H11Cl2NO/c20-16-5-1-13(2-6-16)15(12-22)11-18-9-10-19(23-18)14-3-7-17(21)8-4-14/h1-11H/b15-11+. The summed E-state index contributed by atoms with van der Waals surface area (Å²) in [4.78, 5) is 0. The highest BCUT2D eigenvalue weighted by Gasteiger charge is 2.06. The van der Waals surface area contributed by atoms with Gasteiger partial charge in [0.25, 0.3) is 0 Å². The third-order valence-electron chi connectivity index (χ3n) is 3.32. The fraction of sp³-hybridized carbons (Fsp3) is 0. The Morgan fingerprint density at radius 3 is 2.09 bits per heavy atom. The summed E-state index contributed by atoms with van der Waals surface area (Å²) in [7, 11) is 0. The molecule has 0 saturated carbocycles. The Morgan fingerprint density at radius 1 is 0.870 bits per heavy atom. The Labute approximate surface area is 144 Å². The van der Waals surface area contributed by atoms with E-state index in [1.54, 1.807) is 30.3 Å². The van der Waals surface area contributed by atoms with Crippen LogP contribution in [0.1, 0.15) is 11.3 Å². The van der Waals surface area contributed by atoms with Crippen molar-refractivity contribution in [3.8, 4) is 17.4 Å². The van der Waals surface area contributed by atoms with E-state index in [4.69, 9.17) is 27.6 Å². The van der Waals surface area contributed by atoms with Crippen molar-refractivity contribution in [1.29, 1.82) is 5.26 Å². The van der Waals surface area contributed by atoms with Crippen LogP contribution in [-0.2, 0) is 0 Å². The molecule has 0 radical (unpaired) electrons. The molecule has 4 heteroatoms. The molecule has 0 aliphatic carbocycles. The predicted molar refractivity (Wildman–Crippen MR) is 94.1 cm³/mol. The highest BCUT2D eigenvalue weighted by molar-refractivity contribution is 6.30. The maximum absolute atomic E-state index is 9.36. The lowest BCUT2D eigenvalue weighted by molar-refractivity contribution is 0.572. The Morgan fingerprint density at radius 2 is 1.48 bits per heavy atom. The number of hydrogen-bond donors (Lipinski definition) is 0. The van der Waals surface area contributed by atoms with Crippen molar-refractivity contribution in [3.05, 3.63) is 82.0 Å². The van der Waals surface area contributed by atoms with Gasteiger partial charge >= 0.3 is 0 Å². The largest absolute Gasteiger partial charge is 0.457 e. The molecule has 23 heavy (non-hydrogen) atoms. The summed E-state index contributed by atoms with van der Waals surface area (Å²) in [5, 5.41) is 10.7. The van der Waals surface area contributed by atoms with Gasteiger partial charge in [0.1, 0.15) is 11.5 Å². The third kappa shape index (κ3) is 3.65. The summed E-state index contributed by atoms with van der Waals surface area (Å²) in [5.74, 6) is 1.34. The molecule has 0 aliphatic rings.